The first kappa shape index (κ1) is 46.8. The quantitative estimate of drug-likeness (QED) is 0.0884. The van der Waals surface area contributed by atoms with Crippen molar-refractivity contribution in [2.45, 2.75) is 162 Å². The molecule has 2 amide bonds. The second kappa shape index (κ2) is 18.4. The Labute approximate surface area is 342 Å². The van der Waals surface area contributed by atoms with Gasteiger partial charge >= 0.3 is 0 Å². The number of hydrogen-bond acceptors (Lipinski definition) is 6. The SMILES string of the molecule is CCCN(Oc1ccc(C(C)(C)CC)cc1C(C)(C)CC)C(=O)c1cc(C(=O)N(CCC)Oc2ccc(C(C)(C)CC)cc2C(C)(C)CC)cc(S(=O)(=O)Cl)c1. The van der Waals surface area contributed by atoms with Crippen LogP contribution in [0.5, 0.6) is 11.5 Å². The lowest BCUT2D eigenvalue weighted by atomic mass is 9.76. The molecule has 3 aromatic carbocycles. The fraction of sp³-hybridized carbons (Fsp3) is 0.565. The molecule has 3 rings (SSSR count). The zero-order valence-electron chi connectivity index (χ0n) is 36.5. The van der Waals surface area contributed by atoms with Crippen LogP contribution in [0.2, 0.25) is 0 Å². The molecule has 0 aliphatic rings. The van der Waals surface area contributed by atoms with Crippen LogP contribution in [0, 0.1) is 0 Å². The van der Waals surface area contributed by atoms with Crippen molar-refractivity contribution in [3.63, 3.8) is 0 Å². The molecular weight excluding hydrogens is 744 g/mol. The van der Waals surface area contributed by atoms with Crippen LogP contribution >= 0.6 is 10.7 Å². The monoisotopic (exact) mass is 810 g/mol. The van der Waals surface area contributed by atoms with E-state index in [1.165, 1.54) is 39.5 Å². The Balaban J connectivity index is 2.16. The van der Waals surface area contributed by atoms with Gasteiger partial charge in [0.15, 0.2) is 11.5 Å². The van der Waals surface area contributed by atoms with E-state index in [1.807, 2.05) is 38.1 Å². The number of nitrogens with zero attached hydrogens (tertiary/aromatic N) is 2. The molecule has 0 aliphatic carbocycles. The van der Waals surface area contributed by atoms with Crippen molar-refractivity contribution in [3.8, 4) is 11.5 Å². The minimum absolute atomic E-state index is 0.0565. The molecule has 0 bridgehead atoms. The lowest BCUT2D eigenvalue weighted by Crippen LogP contribution is -2.37. The summed E-state index contributed by atoms with van der Waals surface area (Å²) in [4.78, 5) is 41.4. The van der Waals surface area contributed by atoms with Crippen LogP contribution in [0.25, 0.3) is 0 Å². The van der Waals surface area contributed by atoms with Crippen LogP contribution in [-0.4, -0.2) is 43.4 Å². The Hall–Kier alpha value is -3.56. The summed E-state index contributed by atoms with van der Waals surface area (Å²) in [6.07, 6.45) is 4.67. The molecular formula is C46H67ClN2O6S. The van der Waals surface area contributed by atoms with Crippen LogP contribution < -0.4 is 9.68 Å². The normalized spacial score (nSPS) is 12.7. The molecule has 56 heavy (non-hydrogen) atoms. The molecule has 0 saturated heterocycles. The van der Waals surface area contributed by atoms with Crippen molar-refractivity contribution in [2.75, 3.05) is 13.1 Å². The Bertz CT molecular complexity index is 1850. The van der Waals surface area contributed by atoms with Crippen LogP contribution in [0.4, 0.5) is 0 Å². The third-order valence-corrected chi connectivity index (χ3v) is 13.3. The number of rotatable bonds is 19. The average Bonchev–Trinajstić information content (AvgIpc) is 3.16. The van der Waals surface area contributed by atoms with Gasteiger partial charge in [0.05, 0.1) is 18.0 Å². The maximum atomic E-state index is 14.4. The van der Waals surface area contributed by atoms with Gasteiger partial charge in [0, 0.05) is 32.9 Å². The van der Waals surface area contributed by atoms with Crippen molar-refractivity contribution in [1.82, 2.24) is 10.1 Å². The first-order chi connectivity index (χ1) is 25.9. The smallest absolute Gasteiger partial charge is 0.286 e. The van der Waals surface area contributed by atoms with Gasteiger partial charge in [-0.1, -0.05) is 121 Å². The highest BCUT2D eigenvalue weighted by molar-refractivity contribution is 8.13. The molecule has 0 N–H and O–H groups in total. The Kier molecular flexibility index (Phi) is 15.3. The number of amides is 2. The Morgan fingerprint density at radius 2 is 0.893 bits per heavy atom. The molecule has 0 unspecified atom stereocenters. The van der Waals surface area contributed by atoms with E-state index in [9.17, 15) is 18.0 Å². The van der Waals surface area contributed by atoms with E-state index in [2.05, 4.69) is 95.2 Å². The fourth-order valence-electron chi connectivity index (χ4n) is 6.20. The van der Waals surface area contributed by atoms with Gasteiger partial charge in [0.25, 0.3) is 20.9 Å². The van der Waals surface area contributed by atoms with E-state index in [4.69, 9.17) is 20.4 Å². The van der Waals surface area contributed by atoms with Crippen LogP contribution in [0.15, 0.2) is 59.5 Å². The van der Waals surface area contributed by atoms with Crippen LogP contribution in [0.1, 0.15) is 178 Å². The second-order valence-corrected chi connectivity index (χ2v) is 20.1. The summed E-state index contributed by atoms with van der Waals surface area (Å²) in [5.74, 6) is -0.141. The summed E-state index contributed by atoms with van der Waals surface area (Å²) in [6, 6.07) is 16.0. The molecule has 0 saturated carbocycles. The molecule has 0 atom stereocenters. The summed E-state index contributed by atoms with van der Waals surface area (Å²) < 4.78 is 25.7. The van der Waals surface area contributed by atoms with Gasteiger partial charge < -0.3 is 9.68 Å². The van der Waals surface area contributed by atoms with E-state index in [1.54, 1.807) is 0 Å². The number of carbonyl (C=O) groups excluding carboxylic acids is 2. The summed E-state index contributed by atoms with van der Waals surface area (Å²) in [6.45, 7) is 30.2. The van der Waals surface area contributed by atoms with Gasteiger partial charge in [-0.05, 0) is 102 Å². The average molecular weight is 812 g/mol. The topological polar surface area (TPSA) is 93.2 Å². The fourth-order valence-corrected chi connectivity index (χ4v) is 7.01. The second-order valence-electron chi connectivity index (χ2n) is 17.6. The summed E-state index contributed by atoms with van der Waals surface area (Å²) in [5, 5.41) is 2.48. The molecule has 0 aliphatic heterocycles. The van der Waals surface area contributed by atoms with Gasteiger partial charge in [0.2, 0.25) is 0 Å². The van der Waals surface area contributed by atoms with Crippen molar-refractivity contribution < 1.29 is 27.7 Å². The number of hydrogen-bond donors (Lipinski definition) is 0. The molecule has 0 heterocycles. The third-order valence-electron chi connectivity index (χ3n) is 11.9. The summed E-state index contributed by atoms with van der Waals surface area (Å²) in [5.41, 5.74) is 3.48. The lowest BCUT2D eigenvalue weighted by Gasteiger charge is -2.32. The molecule has 10 heteroatoms. The van der Waals surface area contributed by atoms with Crippen LogP contribution in [0.3, 0.4) is 0 Å². The summed E-state index contributed by atoms with van der Waals surface area (Å²) >= 11 is 0. The largest absolute Gasteiger partial charge is 0.376 e. The first-order valence-corrected chi connectivity index (χ1v) is 22.6. The lowest BCUT2D eigenvalue weighted by molar-refractivity contribution is -0.0349. The van der Waals surface area contributed by atoms with E-state index >= 15 is 0 Å². The highest BCUT2D eigenvalue weighted by Gasteiger charge is 2.32. The molecule has 0 fully saturated rings. The third kappa shape index (κ3) is 10.9. The minimum atomic E-state index is -4.36. The Morgan fingerprint density at radius 3 is 1.18 bits per heavy atom. The van der Waals surface area contributed by atoms with E-state index in [0.29, 0.717) is 24.3 Å². The molecule has 0 aromatic heterocycles. The molecule has 0 spiro atoms. The number of carbonyl (C=O) groups is 2. The van der Waals surface area contributed by atoms with E-state index in [-0.39, 0.29) is 50.8 Å². The van der Waals surface area contributed by atoms with Crippen LogP contribution in [-0.2, 0) is 30.7 Å². The zero-order valence-corrected chi connectivity index (χ0v) is 38.1. The van der Waals surface area contributed by atoms with Crippen molar-refractivity contribution >= 4 is 31.5 Å². The zero-order chi connectivity index (χ0) is 42.4. The van der Waals surface area contributed by atoms with E-state index < -0.39 is 20.9 Å². The van der Waals surface area contributed by atoms with E-state index in [0.717, 1.165) is 36.8 Å². The van der Waals surface area contributed by atoms with Gasteiger partial charge in [-0.2, -0.15) is 10.1 Å². The standard InChI is InChI=1S/C46H67ClN2O6S/c1-15-25-48(54-39-23-21-34(43(7,8)17-3)30-37(39)45(11,12)19-5)41(50)32-27-33(29-36(28-32)56(47,52)53)42(51)49(26-16-2)55-40-24-22-35(44(9,10)18-4)31-38(40)46(13,14)20-6/h21-24,27-31H,15-20,25-26H2,1-14H3. The van der Waals surface area contributed by atoms with Gasteiger partial charge in [-0.3, -0.25) is 9.59 Å². The molecule has 0 radical (unpaired) electrons. The van der Waals surface area contributed by atoms with Gasteiger partial charge in [-0.25, -0.2) is 8.42 Å². The number of benzene rings is 3. The predicted octanol–water partition coefficient (Wildman–Crippen LogP) is 12.1. The molecule has 3 aromatic rings. The highest BCUT2D eigenvalue weighted by Crippen LogP contribution is 2.41. The number of halogens is 1. The highest BCUT2D eigenvalue weighted by atomic mass is 35.7. The van der Waals surface area contributed by atoms with Gasteiger partial charge in [-0.15, -0.1) is 0 Å². The number of hydroxylamine groups is 4. The van der Waals surface area contributed by atoms with Crippen molar-refractivity contribution in [2.24, 2.45) is 0 Å². The first-order valence-electron chi connectivity index (χ1n) is 20.3. The van der Waals surface area contributed by atoms with Gasteiger partial charge in [0.1, 0.15) is 0 Å². The molecule has 310 valence electrons. The summed E-state index contributed by atoms with van der Waals surface area (Å²) in [7, 11) is 1.55. The van der Waals surface area contributed by atoms with Crippen molar-refractivity contribution in [3.05, 3.63) is 88.0 Å². The molecule has 8 nitrogen and oxygen atoms in total. The minimum Gasteiger partial charge on any atom is -0.376 e. The van der Waals surface area contributed by atoms with Crippen molar-refractivity contribution in [1.29, 1.82) is 0 Å². The maximum absolute atomic E-state index is 14.4. The predicted molar refractivity (Wildman–Crippen MR) is 230 cm³/mol. The maximum Gasteiger partial charge on any atom is 0.286 e. The Morgan fingerprint density at radius 1 is 0.554 bits per heavy atom.